The highest BCUT2D eigenvalue weighted by molar-refractivity contribution is 7.47. The zero-order valence-corrected chi connectivity index (χ0v) is 64.7. The summed E-state index contributed by atoms with van der Waals surface area (Å²) in [5.41, 5.74) is 0. The highest BCUT2D eigenvalue weighted by Gasteiger charge is 2.29. The molecule has 0 bridgehead atoms. The second-order valence-corrected chi connectivity index (χ2v) is 29.8. The molecule has 16 nitrogen and oxygen atoms in total. The maximum Gasteiger partial charge on any atom is 0.472 e. The van der Waals surface area contributed by atoms with Crippen molar-refractivity contribution in [3.05, 3.63) is 85.1 Å². The molecule has 0 rings (SSSR count). The Morgan fingerprint density at radius 3 is 0.869 bits per heavy atom. The first-order valence-corrected chi connectivity index (χ1v) is 42.9. The largest absolute Gasteiger partial charge is 0.472 e. The zero-order valence-electron chi connectivity index (χ0n) is 62.9. The predicted octanol–water partition coefficient (Wildman–Crippen LogP) is 23.2. The molecule has 0 aliphatic heterocycles. The SMILES string of the molecule is CC/C=C\C/C=C\C/C=C\CCCCCCCCCC(=O)OCC(COP(=O)(O)OCC(O)COP(=O)(O)OCC(O)COC(=O)CCCCCCCCCCCCCCCCCCC/C=C\C/C=C\C/C=C\C/C=C\CCCCC)OC(=O)CCCCCCCCCCCCCCC. The standard InChI is InChI=1S/C81H146O16P2/c1-4-7-10-13-16-19-22-25-27-29-30-31-32-33-34-35-36-37-38-39-40-41-42-43-44-46-48-50-52-55-58-61-64-67-79(84)91-70-76(82)71-93-98(87,88)94-72-77(83)73-95-99(89,90)96-75-78(97-81(86)69-66-63-60-57-54-49-24-21-18-15-12-9-6-3)74-92-80(85)68-65-62-59-56-53-51-47-45-28-26-23-20-17-14-11-8-5-2/h8,11,16-17,19-20,25-28,30-31,33-34,76-78,82-83H,4-7,9-10,12-15,18,21-24,29,32,35-75H2,1-3H3,(H,87,88)(H,89,90)/b11-8-,19-16-,20-17-,27-25-,28-26-,31-30-,34-33-. The van der Waals surface area contributed by atoms with Crippen LogP contribution in [0.25, 0.3) is 0 Å². The van der Waals surface area contributed by atoms with Crippen molar-refractivity contribution < 1.29 is 75.8 Å². The first-order chi connectivity index (χ1) is 48.2. The van der Waals surface area contributed by atoms with Gasteiger partial charge in [-0.15, -0.1) is 0 Å². The van der Waals surface area contributed by atoms with Crippen LogP contribution >= 0.6 is 15.6 Å². The van der Waals surface area contributed by atoms with Gasteiger partial charge in [-0.3, -0.25) is 32.5 Å². The molecule has 0 heterocycles. The van der Waals surface area contributed by atoms with Crippen LogP contribution in [0.2, 0.25) is 0 Å². The third-order valence-corrected chi connectivity index (χ3v) is 19.0. The van der Waals surface area contributed by atoms with E-state index < -0.39 is 91.5 Å². The summed E-state index contributed by atoms with van der Waals surface area (Å²) in [6.07, 6.45) is 83.6. The Morgan fingerprint density at radius 2 is 0.535 bits per heavy atom. The summed E-state index contributed by atoms with van der Waals surface area (Å²) >= 11 is 0. The summed E-state index contributed by atoms with van der Waals surface area (Å²) in [4.78, 5) is 58.5. The maximum atomic E-state index is 12.9. The summed E-state index contributed by atoms with van der Waals surface area (Å²) in [5.74, 6) is -1.57. The number of carbonyl (C=O) groups is 3. The molecule has 0 saturated heterocycles. The number of aliphatic hydroxyl groups excluding tert-OH is 2. The predicted molar refractivity (Wildman–Crippen MR) is 408 cm³/mol. The van der Waals surface area contributed by atoms with Gasteiger partial charge in [0.15, 0.2) is 6.10 Å². The fourth-order valence-corrected chi connectivity index (χ4v) is 12.6. The van der Waals surface area contributed by atoms with Crippen LogP contribution in [0.4, 0.5) is 0 Å². The van der Waals surface area contributed by atoms with E-state index in [2.05, 4.69) is 106 Å². The van der Waals surface area contributed by atoms with Gasteiger partial charge in [0.1, 0.15) is 25.4 Å². The molecule has 576 valence electrons. The van der Waals surface area contributed by atoms with Crippen LogP contribution in [-0.4, -0.2) is 95.9 Å². The number of hydrogen-bond acceptors (Lipinski definition) is 14. The average molecular weight is 1440 g/mol. The summed E-state index contributed by atoms with van der Waals surface area (Å²) < 4.78 is 61.1. The maximum absolute atomic E-state index is 12.9. The molecule has 0 aromatic heterocycles. The van der Waals surface area contributed by atoms with Gasteiger partial charge in [0.2, 0.25) is 0 Å². The molecule has 4 N–H and O–H groups in total. The number of phosphoric ester groups is 2. The Morgan fingerprint density at radius 1 is 0.293 bits per heavy atom. The van der Waals surface area contributed by atoms with Gasteiger partial charge in [0.05, 0.1) is 26.4 Å². The second kappa shape index (κ2) is 74.4. The molecule has 5 atom stereocenters. The zero-order chi connectivity index (χ0) is 72.3. The minimum atomic E-state index is -4.92. The molecule has 0 aliphatic carbocycles. The molecule has 0 saturated carbocycles. The van der Waals surface area contributed by atoms with Crippen molar-refractivity contribution in [1.29, 1.82) is 0 Å². The monoisotopic (exact) mass is 1440 g/mol. The highest BCUT2D eigenvalue weighted by atomic mass is 31.2. The molecular formula is C81H146O16P2. The average Bonchev–Trinajstić information content (AvgIpc) is 1.05. The van der Waals surface area contributed by atoms with E-state index in [0.29, 0.717) is 19.3 Å². The van der Waals surface area contributed by atoms with E-state index in [1.54, 1.807) is 0 Å². The van der Waals surface area contributed by atoms with Crippen LogP contribution < -0.4 is 0 Å². The minimum Gasteiger partial charge on any atom is -0.463 e. The summed E-state index contributed by atoms with van der Waals surface area (Å²) in [7, 11) is -9.77. The van der Waals surface area contributed by atoms with Gasteiger partial charge in [0.25, 0.3) is 0 Å². The van der Waals surface area contributed by atoms with Crippen molar-refractivity contribution >= 4 is 33.6 Å². The number of rotatable bonds is 76. The van der Waals surface area contributed by atoms with Crippen molar-refractivity contribution in [2.45, 2.75) is 373 Å². The van der Waals surface area contributed by atoms with Crippen molar-refractivity contribution in [3.63, 3.8) is 0 Å². The van der Waals surface area contributed by atoms with E-state index in [1.807, 2.05) is 0 Å². The minimum absolute atomic E-state index is 0.107. The van der Waals surface area contributed by atoms with Gasteiger partial charge >= 0.3 is 33.6 Å². The Kier molecular flexibility index (Phi) is 72.0. The molecule has 0 aromatic carbocycles. The van der Waals surface area contributed by atoms with Crippen LogP contribution in [-0.2, 0) is 55.8 Å². The Labute approximate surface area is 604 Å². The van der Waals surface area contributed by atoms with Crippen LogP contribution in [0.15, 0.2) is 85.1 Å². The summed E-state index contributed by atoms with van der Waals surface area (Å²) in [6, 6.07) is 0. The molecule has 0 aromatic rings. The van der Waals surface area contributed by atoms with Crippen LogP contribution in [0.3, 0.4) is 0 Å². The van der Waals surface area contributed by atoms with Gasteiger partial charge < -0.3 is 34.2 Å². The van der Waals surface area contributed by atoms with Gasteiger partial charge in [0, 0.05) is 19.3 Å². The van der Waals surface area contributed by atoms with E-state index in [-0.39, 0.29) is 19.3 Å². The number of aliphatic hydroxyl groups is 2. The molecule has 0 aliphatic rings. The van der Waals surface area contributed by atoms with Crippen molar-refractivity contribution in [2.24, 2.45) is 0 Å². The van der Waals surface area contributed by atoms with Crippen LogP contribution in [0.5, 0.6) is 0 Å². The topological polar surface area (TPSA) is 231 Å². The number of ether oxygens (including phenoxy) is 3. The third-order valence-electron chi connectivity index (χ3n) is 17.1. The van der Waals surface area contributed by atoms with Gasteiger partial charge in [-0.25, -0.2) is 9.13 Å². The number of phosphoric acid groups is 2. The summed E-state index contributed by atoms with van der Waals surface area (Å²) in [5, 5.41) is 20.6. The van der Waals surface area contributed by atoms with Crippen LogP contribution in [0, 0.1) is 0 Å². The lowest BCUT2D eigenvalue weighted by Crippen LogP contribution is -2.30. The smallest absolute Gasteiger partial charge is 0.463 e. The van der Waals surface area contributed by atoms with E-state index in [4.69, 9.17) is 32.3 Å². The van der Waals surface area contributed by atoms with Crippen molar-refractivity contribution in [2.75, 3.05) is 39.6 Å². The lowest BCUT2D eigenvalue weighted by atomic mass is 10.0. The number of esters is 3. The van der Waals surface area contributed by atoms with Gasteiger partial charge in [-0.2, -0.15) is 0 Å². The Hall–Kier alpha value is -3.27. The molecule has 0 fully saturated rings. The fraction of sp³-hybridized carbons (Fsp3) is 0.790. The molecule has 0 amide bonds. The van der Waals surface area contributed by atoms with E-state index in [0.717, 1.165) is 128 Å². The van der Waals surface area contributed by atoms with E-state index >= 15 is 0 Å². The van der Waals surface area contributed by atoms with E-state index in [1.165, 1.54) is 167 Å². The highest BCUT2D eigenvalue weighted by Crippen LogP contribution is 2.45. The van der Waals surface area contributed by atoms with Crippen LogP contribution in [0.1, 0.15) is 355 Å². The first-order valence-electron chi connectivity index (χ1n) is 39.9. The lowest BCUT2D eigenvalue weighted by molar-refractivity contribution is -0.161. The van der Waals surface area contributed by atoms with Gasteiger partial charge in [-0.1, -0.05) is 324 Å². The van der Waals surface area contributed by atoms with Gasteiger partial charge in [-0.05, 0) is 96.3 Å². The number of carbonyl (C=O) groups excluding carboxylic acids is 3. The molecule has 0 radical (unpaired) electrons. The Bertz CT molecular complexity index is 2140. The van der Waals surface area contributed by atoms with Crippen molar-refractivity contribution in [1.82, 2.24) is 0 Å². The fourth-order valence-electron chi connectivity index (χ4n) is 11.0. The lowest BCUT2D eigenvalue weighted by Gasteiger charge is -2.21. The Balaban J connectivity index is 4.36. The number of hydrogen-bond donors (Lipinski definition) is 4. The van der Waals surface area contributed by atoms with Crippen molar-refractivity contribution in [3.8, 4) is 0 Å². The third kappa shape index (κ3) is 75.7. The second-order valence-electron chi connectivity index (χ2n) is 26.8. The quantitative estimate of drug-likeness (QED) is 0.0146. The molecule has 5 unspecified atom stereocenters. The van der Waals surface area contributed by atoms with E-state index in [9.17, 15) is 43.5 Å². The molecule has 18 heteroatoms. The number of allylic oxidation sites excluding steroid dienone is 14. The molecule has 0 spiro atoms. The molecule has 99 heavy (non-hydrogen) atoms. The first kappa shape index (κ1) is 95.7. The normalized spacial score (nSPS) is 14.5. The number of unbranched alkanes of at least 4 members (excludes halogenated alkanes) is 39. The molecular weight excluding hydrogens is 1290 g/mol. The summed E-state index contributed by atoms with van der Waals surface area (Å²) in [6.45, 7) is 2.57.